The van der Waals surface area contributed by atoms with Gasteiger partial charge in [-0.15, -0.1) is 0 Å². The lowest BCUT2D eigenvalue weighted by atomic mass is 10.0. The second-order valence-corrected chi connectivity index (χ2v) is 5.18. The maximum Gasteiger partial charge on any atom is 0.130 e. The summed E-state index contributed by atoms with van der Waals surface area (Å²) < 4.78 is 7.20. The van der Waals surface area contributed by atoms with E-state index in [1.165, 1.54) is 0 Å². The van der Waals surface area contributed by atoms with Crippen LogP contribution in [0.3, 0.4) is 0 Å². The minimum atomic E-state index is 0.395. The summed E-state index contributed by atoms with van der Waals surface area (Å²) in [6.45, 7) is 8.79. The molecule has 0 spiro atoms. The molecule has 1 unspecified atom stereocenters. The molecule has 0 amide bonds. The Balaban J connectivity index is 2.64. The van der Waals surface area contributed by atoms with Crippen LogP contribution in [0.25, 0.3) is 0 Å². The number of aromatic nitrogens is 2. The highest BCUT2D eigenvalue weighted by Crippen LogP contribution is 2.21. The molecule has 1 atom stereocenters. The van der Waals surface area contributed by atoms with Crippen molar-refractivity contribution in [1.82, 2.24) is 15.1 Å². The van der Waals surface area contributed by atoms with Crippen LogP contribution in [-0.2, 0) is 18.2 Å². The molecule has 1 aromatic heterocycles. The van der Waals surface area contributed by atoms with Crippen LogP contribution in [0.1, 0.15) is 37.9 Å². The second-order valence-electron chi connectivity index (χ2n) is 4.82. The van der Waals surface area contributed by atoms with Crippen LogP contribution in [-0.4, -0.2) is 35.6 Å². The lowest BCUT2D eigenvalue weighted by molar-refractivity contribution is 0.136. The molecule has 1 heterocycles. The van der Waals surface area contributed by atoms with Gasteiger partial charge in [0.05, 0.1) is 5.69 Å². The highest BCUT2D eigenvalue weighted by molar-refractivity contribution is 6.30. The first-order valence-electron chi connectivity index (χ1n) is 7.09. The Morgan fingerprint density at radius 1 is 1.42 bits per heavy atom. The van der Waals surface area contributed by atoms with Gasteiger partial charge in [0, 0.05) is 31.9 Å². The zero-order valence-electron chi connectivity index (χ0n) is 12.5. The first-order chi connectivity index (χ1) is 9.10. The molecule has 110 valence electrons. The van der Waals surface area contributed by atoms with Crippen LogP contribution in [0.5, 0.6) is 0 Å². The Bertz CT molecular complexity index is 379. The molecule has 4 nitrogen and oxygen atoms in total. The monoisotopic (exact) mass is 287 g/mol. The van der Waals surface area contributed by atoms with Gasteiger partial charge < -0.3 is 10.1 Å². The number of ether oxygens (including phenoxy) is 1. The number of nitrogens with zero attached hydrogens (tertiary/aromatic N) is 2. The smallest absolute Gasteiger partial charge is 0.130 e. The van der Waals surface area contributed by atoms with E-state index < -0.39 is 0 Å². The van der Waals surface area contributed by atoms with Crippen LogP contribution in [0.4, 0.5) is 0 Å². The lowest BCUT2D eigenvalue weighted by Crippen LogP contribution is -2.33. The van der Waals surface area contributed by atoms with Crippen molar-refractivity contribution in [3.63, 3.8) is 0 Å². The van der Waals surface area contributed by atoms with E-state index in [-0.39, 0.29) is 0 Å². The normalized spacial score (nSPS) is 12.9. The van der Waals surface area contributed by atoms with Crippen molar-refractivity contribution in [1.29, 1.82) is 0 Å². The van der Waals surface area contributed by atoms with Crippen LogP contribution in [0, 0.1) is 6.92 Å². The largest absolute Gasteiger partial charge is 0.382 e. The zero-order valence-corrected chi connectivity index (χ0v) is 13.3. The molecular formula is C14H26ClN3O. The van der Waals surface area contributed by atoms with Gasteiger partial charge in [-0.05, 0) is 39.7 Å². The fourth-order valence-corrected chi connectivity index (χ4v) is 2.40. The number of nitrogens with one attached hydrogen (secondary N) is 1. The molecule has 0 aromatic carbocycles. The van der Waals surface area contributed by atoms with Crippen molar-refractivity contribution in [3.05, 3.63) is 16.4 Å². The van der Waals surface area contributed by atoms with Gasteiger partial charge in [0.15, 0.2) is 0 Å². The first kappa shape index (κ1) is 16.5. The fourth-order valence-electron chi connectivity index (χ4n) is 2.15. The highest BCUT2D eigenvalue weighted by atomic mass is 35.5. The summed E-state index contributed by atoms with van der Waals surface area (Å²) >= 11 is 6.29. The third-order valence-electron chi connectivity index (χ3n) is 3.22. The minimum Gasteiger partial charge on any atom is -0.382 e. The average Bonchev–Trinajstić information content (AvgIpc) is 2.62. The molecule has 0 fully saturated rings. The van der Waals surface area contributed by atoms with Crippen molar-refractivity contribution in [2.75, 3.05) is 19.8 Å². The van der Waals surface area contributed by atoms with E-state index in [0.29, 0.717) is 6.04 Å². The topological polar surface area (TPSA) is 39.1 Å². The van der Waals surface area contributed by atoms with Crippen molar-refractivity contribution in [2.24, 2.45) is 7.05 Å². The number of hydrogen-bond acceptors (Lipinski definition) is 3. The van der Waals surface area contributed by atoms with E-state index in [1.807, 2.05) is 20.9 Å². The number of rotatable bonds is 9. The first-order valence-corrected chi connectivity index (χ1v) is 7.47. The van der Waals surface area contributed by atoms with Crippen LogP contribution < -0.4 is 5.32 Å². The third-order valence-corrected chi connectivity index (χ3v) is 3.69. The lowest BCUT2D eigenvalue weighted by Gasteiger charge is -2.18. The van der Waals surface area contributed by atoms with Crippen molar-refractivity contribution < 1.29 is 4.74 Å². The van der Waals surface area contributed by atoms with Gasteiger partial charge in [0.25, 0.3) is 0 Å². The molecule has 0 saturated heterocycles. The van der Waals surface area contributed by atoms with Crippen LogP contribution in [0.2, 0.25) is 5.15 Å². The van der Waals surface area contributed by atoms with Gasteiger partial charge in [-0.1, -0.05) is 18.5 Å². The van der Waals surface area contributed by atoms with Crippen molar-refractivity contribution in [2.45, 2.75) is 46.1 Å². The van der Waals surface area contributed by atoms with Gasteiger partial charge in [0.2, 0.25) is 0 Å². The number of aryl methyl sites for hydroxylation is 2. The Kier molecular flexibility index (Phi) is 7.42. The molecule has 0 aliphatic heterocycles. The van der Waals surface area contributed by atoms with Gasteiger partial charge in [0.1, 0.15) is 5.15 Å². The maximum absolute atomic E-state index is 6.29. The van der Waals surface area contributed by atoms with Crippen molar-refractivity contribution in [3.8, 4) is 0 Å². The quantitative estimate of drug-likeness (QED) is 0.710. The van der Waals surface area contributed by atoms with E-state index in [0.717, 1.165) is 55.4 Å². The Labute approximate surface area is 121 Å². The third kappa shape index (κ3) is 5.13. The molecule has 0 aliphatic carbocycles. The van der Waals surface area contributed by atoms with Gasteiger partial charge >= 0.3 is 0 Å². The average molecular weight is 288 g/mol. The van der Waals surface area contributed by atoms with Gasteiger partial charge in [-0.3, -0.25) is 4.68 Å². The van der Waals surface area contributed by atoms with Gasteiger partial charge in [-0.25, -0.2) is 0 Å². The van der Waals surface area contributed by atoms with Crippen LogP contribution >= 0.6 is 11.6 Å². The molecule has 0 aliphatic rings. The van der Waals surface area contributed by atoms with E-state index in [2.05, 4.69) is 17.3 Å². The van der Waals surface area contributed by atoms with E-state index >= 15 is 0 Å². The molecule has 19 heavy (non-hydrogen) atoms. The minimum absolute atomic E-state index is 0.395. The maximum atomic E-state index is 6.29. The summed E-state index contributed by atoms with van der Waals surface area (Å²) in [6, 6.07) is 0.395. The zero-order chi connectivity index (χ0) is 14.3. The Hall–Kier alpha value is -0.580. The summed E-state index contributed by atoms with van der Waals surface area (Å²) in [5, 5.41) is 8.68. The number of hydrogen-bond donors (Lipinski definition) is 1. The molecule has 0 bridgehead atoms. The standard InChI is InChI=1S/C14H26ClN3O/c1-5-8-16-12(7-9-19-6-2)10-13-11(3)17-18(4)14(13)15/h12,16H,5-10H2,1-4H3. The fraction of sp³-hybridized carbons (Fsp3) is 0.786. The Morgan fingerprint density at radius 2 is 2.16 bits per heavy atom. The van der Waals surface area contributed by atoms with E-state index in [4.69, 9.17) is 16.3 Å². The molecule has 1 rings (SSSR count). The summed E-state index contributed by atoms with van der Waals surface area (Å²) in [5.41, 5.74) is 2.17. The van der Waals surface area contributed by atoms with Gasteiger partial charge in [-0.2, -0.15) is 5.10 Å². The van der Waals surface area contributed by atoms with E-state index in [1.54, 1.807) is 4.68 Å². The number of halogens is 1. The van der Waals surface area contributed by atoms with Crippen LogP contribution in [0.15, 0.2) is 0 Å². The SMILES string of the molecule is CCCNC(CCOCC)Cc1c(C)nn(C)c1Cl. The van der Waals surface area contributed by atoms with E-state index in [9.17, 15) is 0 Å². The summed E-state index contributed by atoms with van der Waals surface area (Å²) in [7, 11) is 1.88. The second kappa shape index (κ2) is 8.56. The molecule has 0 saturated carbocycles. The molecule has 1 N–H and O–H groups in total. The predicted octanol–water partition coefficient (Wildman–Crippen LogP) is 2.72. The summed E-state index contributed by atoms with van der Waals surface area (Å²) in [4.78, 5) is 0. The summed E-state index contributed by atoms with van der Waals surface area (Å²) in [6.07, 6.45) is 3.04. The summed E-state index contributed by atoms with van der Waals surface area (Å²) in [5.74, 6) is 0. The molecule has 1 aromatic rings. The molecule has 0 radical (unpaired) electrons. The highest BCUT2D eigenvalue weighted by Gasteiger charge is 2.16. The predicted molar refractivity (Wildman–Crippen MR) is 79.9 cm³/mol. The Morgan fingerprint density at radius 3 is 2.68 bits per heavy atom. The molecule has 5 heteroatoms. The van der Waals surface area contributed by atoms with Crippen molar-refractivity contribution >= 4 is 11.6 Å². The molecular weight excluding hydrogens is 262 g/mol.